The zero-order valence-corrected chi connectivity index (χ0v) is 31.4. The molecule has 0 atom stereocenters. The molecule has 0 saturated heterocycles. The van der Waals surface area contributed by atoms with Crippen LogP contribution in [0.3, 0.4) is 0 Å². The largest absolute Gasteiger partial charge is 0.353 e. The monoisotopic (exact) mass is 647 g/mol. The van der Waals surface area contributed by atoms with Crippen molar-refractivity contribution in [3.8, 4) is 0 Å². The first-order chi connectivity index (χ1) is 22.7. The zero-order chi connectivity index (χ0) is 33.2. The molecule has 2 N–H and O–H groups in total. The van der Waals surface area contributed by atoms with Crippen LogP contribution in [0.4, 0.5) is 0 Å². The van der Waals surface area contributed by atoms with Crippen LogP contribution >= 0.6 is 0 Å². The lowest BCUT2D eigenvalue weighted by Gasteiger charge is -2.29. The Morgan fingerprint density at radius 3 is 0.761 bits per heavy atom. The fourth-order valence-electron chi connectivity index (χ4n) is 7.30. The smallest absolute Gasteiger partial charge is 0.220 e. The van der Waals surface area contributed by atoms with Crippen LogP contribution in [-0.4, -0.2) is 23.9 Å². The standard InChI is InChI=1S/C42H82N2O2/c1-3-5-7-9-11-13-15-17-19-21-23-25-27-29-31-33-41(45)43-39-35-37-40(38-36-39)44-42(46)34-32-30-28-26-24-22-20-18-16-14-12-10-8-6-4-2/h39-40H,3-38H2,1-2H3,(H,43,45)(H,44,46). The fraction of sp³-hybridized carbons (Fsp3) is 0.952. The van der Waals surface area contributed by atoms with Crippen molar-refractivity contribution in [1.82, 2.24) is 10.6 Å². The summed E-state index contributed by atoms with van der Waals surface area (Å²) < 4.78 is 0. The topological polar surface area (TPSA) is 58.2 Å². The van der Waals surface area contributed by atoms with E-state index in [9.17, 15) is 9.59 Å². The third-order valence-corrected chi connectivity index (χ3v) is 10.5. The quantitative estimate of drug-likeness (QED) is 0.0683. The summed E-state index contributed by atoms with van der Waals surface area (Å²) in [5, 5.41) is 6.55. The first kappa shape index (κ1) is 43.0. The van der Waals surface area contributed by atoms with Crippen molar-refractivity contribution in [2.75, 3.05) is 0 Å². The van der Waals surface area contributed by atoms with Gasteiger partial charge in [0.25, 0.3) is 0 Å². The molecule has 2 amide bonds. The average molecular weight is 647 g/mol. The lowest BCUT2D eigenvalue weighted by Crippen LogP contribution is -2.43. The zero-order valence-electron chi connectivity index (χ0n) is 31.4. The SMILES string of the molecule is CCCCCCCCCCCCCCCCCC(=O)NC1CCC(NC(=O)CCCCCCCCCCCCCCCCC)CC1. The minimum absolute atomic E-state index is 0.232. The molecule has 1 rings (SSSR count). The molecule has 0 aromatic heterocycles. The second kappa shape index (κ2) is 33.8. The lowest BCUT2D eigenvalue weighted by atomic mass is 9.91. The molecular weight excluding hydrogens is 564 g/mol. The van der Waals surface area contributed by atoms with Gasteiger partial charge in [0.15, 0.2) is 0 Å². The van der Waals surface area contributed by atoms with Gasteiger partial charge in [-0.05, 0) is 38.5 Å². The van der Waals surface area contributed by atoms with Crippen molar-refractivity contribution in [1.29, 1.82) is 0 Å². The van der Waals surface area contributed by atoms with Crippen molar-refractivity contribution < 1.29 is 9.59 Å². The van der Waals surface area contributed by atoms with Crippen LogP contribution in [0.5, 0.6) is 0 Å². The molecule has 4 heteroatoms. The Morgan fingerprint density at radius 2 is 0.543 bits per heavy atom. The third kappa shape index (κ3) is 29.1. The highest BCUT2D eigenvalue weighted by Gasteiger charge is 2.23. The number of hydrogen-bond donors (Lipinski definition) is 2. The van der Waals surface area contributed by atoms with E-state index in [4.69, 9.17) is 0 Å². The number of unbranched alkanes of at least 4 members (excludes halogenated alkanes) is 28. The summed E-state index contributed by atoms with van der Waals surface area (Å²) in [6.07, 6.45) is 45.9. The minimum atomic E-state index is 0.232. The van der Waals surface area contributed by atoms with E-state index in [1.54, 1.807) is 0 Å². The molecule has 1 fully saturated rings. The molecule has 0 aromatic rings. The maximum atomic E-state index is 12.4. The second-order valence-corrected chi connectivity index (χ2v) is 15.1. The number of rotatable bonds is 34. The van der Waals surface area contributed by atoms with Gasteiger partial charge in [0.05, 0.1) is 0 Å². The Balaban J connectivity index is 1.84. The van der Waals surface area contributed by atoms with Crippen LogP contribution in [0, 0.1) is 0 Å². The highest BCUT2D eigenvalue weighted by molar-refractivity contribution is 5.76. The maximum Gasteiger partial charge on any atom is 0.220 e. The summed E-state index contributed by atoms with van der Waals surface area (Å²) in [5.41, 5.74) is 0. The van der Waals surface area contributed by atoms with Crippen molar-refractivity contribution in [3.63, 3.8) is 0 Å². The number of carbonyl (C=O) groups excluding carboxylic acids is 2. The van der Waals surface area contributed by atoms with E-state index in [0.29, 0.717) is 24.9 Å². The fourth-order valence-corrected chi connectivity index (χ4v) is 7.30. The highest BCUT2D eigenvalue weighted by Crippen LogP contribution is 2.20. The Labute approximate surface area is 288 Å². The molecule has 272 valence electrons. The Morgan fingerprint density at radius 1 is 0.348 bits per heavy atom. The summed E-state index contributed by atoms with van der Waals surface area (Å²) in [4.78, 5) is 24.9. The van der Waals surface area contributed by atoms with Crippen LogP contribution < -0.4 is 10.6 Å². The number of hydrogen-bond acceptors (Lipinski definition) is 2. The van der Waals surface area contributed by atoms with Gasteiger partial charge in [-0.1, -0.05) is 194 Å². The molecule has 0 bridgehead atoms. The third-order valence-electron chi connectivity index (χ3n) is 10.5. The first-order valence-corrected chi connectivity index (χ1v) is 21.2. The molecule has 0 aromatic carbocycles. The molecule has 1 aliphatic carbocycles. The Hall–Kier alpha value is -1.06. The van der Waals surface area contributed by atoms with Crippen molar-refractivity contribution in [3.05, 3.63) is 0 Å². The number of amides is 2. The van der Waals surface area contributed by atoms with Gasteiger partial charge in [0.1, 0.15) is 0 Å². The van der Waals surface area contributed by atoms with E-state index < -0.39 is 0 Å². The van der Waals surface area contributed by atoms with Crippen molar-refractivity contribution >= 4 is 11.8 Å². The first-order valence-electron chi connectivity index (χ1n) is 21.2. The lowest BCUT2D eigenvalue weighted by molar-refractivity contribution is -0.123. The second-order valence-electron chi connectivity index (χ2n) is 15.1. The summed E-state index contributed by atoms with van der Waals surface area (Å²) in [6, 6.07) is 0.597. The molecule has 4 nitrogen and oxygen atoms in total. The summed E-state index contributed by atoms with van der Waals surface area (Å²) in [5.74, 6) is 0.464. The van der Waals surface area contributed by atoms with E-state index in [0.717, 1.165) is 38.5 Å². The number of carbonyl (C=O) groups is 2. The van der Waals surface area contributed by atoms with Crippen LogP contribution in [0.15, 0.2) is 0 Å². The molecule has 0 heterocycles. The normalized spacial score (nSPS) is 16.5. The van der Waals surface area contributed by atoms with Gasteiger partial charge in [-0.15, -0.1) is 0 Å². The van der Waals surface area contributed by atoms with Gasteiger partial charge in [0, 0.05) is 24.9 Å². The van der Waals surface area contributed by atoms with E-state index in [2.05, 4.69) is 24.5 Å². The molecule has 0 unspecified atom stereocenters. The molecular formula is C42H82N2O2. The molecule has 1 aliphatic rings. The molecule has 0 radical (unpaired) electrons. The summed E-state index contributed by atoms with van der Waals surface area (Å²) in [6.45, 7) is 4.57. The van der Waals surface area contributed by atoms with E-state index >= 15 is 0 Å². The van der Waals surface area contributed by atoms with Crippen molar-refractivity contribution in [2.45, 2.75) is 257 Å². The van der Waals surface area contributed by atoms with Crippen LogP contribution in [-0.2, 0) is 9.59 Å². The molecule has 0 spiro atoms. The number of nitrogens with one attached hydrogen (secondary N) is 2. The van der Waals surface area contributed by atoms with Gasteiger partial charge in [-0.3, -0.25) is 9.59 Å². The van der Waals surface area contributed by atoms with Gasteiger partial charge < -0.3 is 10.6 Å². The van der Waals surface area contributed by atoms with E-state index in [1.807, 2.05) is 0 Å². The van der Waals surface area contributed by atoms with Gasteiger partial charge in [0.2, 0.25) is 11.8 Å². The van der Waals surface area contributed by atoms with Gasteiger partial charge in [-0.25, -0.2) is 0 Å². The van der Waals surface area contributed by atoms with Crippen molar-refractivity contribution in [2.24, 2.45) is 0 Å². The highest BCUT2D eigenvalue weighted by atomic mass is 16.2. The van der Waals surface area contributed by atoms with Crippen LogP contribution in [0.1, 0.15) is 245 Å². The predicted molar refractivity (Wildman–Crippen MR) is 201 cm³/mol. The summed E-state index contributed by atoms with van der Waals surface area (Å²) >= 11 is 0. The predicted octanol–water partition coefficient (Wildman–Crippen LogP) is 13.1. The molecule has 1 saturated carbocycles. The molecule has 0 aliphatic heterocycles. The Bertz CT molecular complexity index is 602. The van der Waals surface area contributed by atoms with E-state index in [-0.39, 0.29) is 11.8 Å². The maximum absolute atomic E-state index is 12.4. The van der Waals surface area contributed by atoms with Gasteiger partial charge >= 0.3 is 0 Å². The molecule has 46 heavy (non-hydrogen) atoms. The average Bonchev–Trinajstić information content (AvgIpc) is 3.05. The Kier molecular flexibility index (Phi) is 31.6. The van der Waals surface area contributed by atoms with Crippen LogP contribution in [0.25, 0.3) is 0 Å². The van der Waals surface area contributed by atoms with E-state index in [1.165, 1.54) is 180 Å². The van der Waals surface area contributed by atoms with Crippen LogP contribution in [0.2, 0.25) is 0 Å². The van der Waals surface area contributed by atoms with Gasteiger partial charge in [-0.2, -0.15) is 0 Å². The summed E-state index contributed by atoms with van der Waals surface area (Å²) in [7, 11) is 0. The minimum Gasteiger partial charge on any atom is -0.353 e.